The number of nitrogens with one attached hydrogen (secondary N) is 2. The number of likely N-dealkylation sites (tertiary alicyclic amines) is 1. The van der Waals surface area contributed by atoms with E-state index in [-0.39, 0.29) is 5.91 Å². The molecule has 1 heterocycles. The molecule has 0 unspecified atom stereocenters. The molecule has 4 nitrogen and oxygen atoms in total. The van der Waals surface area contributed by atoms with Crippen LogP contribution in [0.25, 0.3) is 0 Å². The summed E-state index contributed by atoms with van der Waals surface area (Å²) in [6.07, 6.45) is 4.98. The van der Waals surface area contributed by atoms with E-state index in [1.54, 1.807) is 0 Å². The lowest BCUT2D eigenvalue weighted by molar-refractivity contribution is -0.114. The Kier molecular flexibility index (Phi) is 5.35. The van der Waals surface area contributed by atoms with Crippen molar-refractivity contribution in [3.63, 3.8) is 0 Å². The predicted octanol–water partition coefficient (Wildman–Crippen LogP) is 3.22. The van der Waals surface area contributed by atoms with Gasteiger partial charge in [0.25, 0.3) is 0 Å². The van der Waals surface area contributed by atoms with Crippen LogP contribution in [-0.2, 0) is 4.79 Å². The summed E-state index contributed by atoms with van der Waals surface area (Å²) >= 11 is 5.47. The summed E-state index contributed by atoms with van der Waals surface area (Å²) in [7, 11) is 0. The van der Waals surface area contributed by atoms with Gasteiger partial charge in [-0.2, -0.15) is 0 Å². The van der Waals surface area contributed by atoms with Crippen molar-refractivity contribution in [3.05, 3.63) is 24.3 Å². The zero-order valence-corrected chi connectivity index (χ0v) is 12.6. The van der Waals surface area contributed by atoms with Gasteiger partial charge in [-0.25, -0.2) is 0 Å². The number of anilines is 2. The highest BCUT2D eigenvalue weighted by molar-refractivity contribution is 7.80. The van der Waals surface area contributed by atoms with E-state index >= 15 is 0 Å². The summed E-state index contributed by atoms with van der Waals surface area (Å²) in [4.78, 5) is 13.3. The topological polar surface area (TPSA) is 44.4 Å². The van der Waals surface area contributed by atoms with Gasteiger partial charge in [0.05, 0.1) is 0 Å². The number of amides is 1. The van der Waals surface area contributed by atoms with Crippen LogP contribution in [0, 0.1) is 0 Å². The maximum atomic E-state index is 11.1. The molecule has 1 aliphatic rings. The number of thiocarbonyl (C=S) groups is 1. The number of hydrogen-bond acceptors (Lipinski definition) is 2. The maximum absolute atomic E-state index is 11.1. The fourth-order valence-electron chi connectivity index (χ4n) is 2.35. The van der Waals surface area contributed by atoms with Crippen molar-refractivity contribution in [2.24, 2.45) is 0 Å². The summed E-state index contributed by atoms with van der Waals surface area (Å²) in [5.74, 6) is -0.0720. The summed E-state index contributed by atoms with van der Waals surface area (Å²) in [5, 5.41) is 6.80. The molecule has 0 atom stereocenters. The van der Waals surface area contributed by atoms with Crippen LogP contribution in [0.5, 0.6) is 0 Å². The van der Waals surface area contributed by atoms with Crippen molar-refractivity contribution < 1.29 is 4.79 Å². The number of benzene rings is 1. The zero-order chi connectivity index (χ0) is 14.4. The fraction of sp³-hybridized carbons (Fsp3) is 0.467. The zero-order valence-electron chi connectivity index (χ0n) is 11.8. The third-order valence-corrected chi connectivity index (χ3v) is 3.69. The van der Waals surface area contributed by atoms with Crippen LogP contribution in [0.3, 0.4) is 0 Å². The highest BCUT2D eigenvalue weighted by atomic mass is 32.1. The monoisotopic (exact) mass is 291 g/mol. The summed E-state index contributed by atoms with van der Waals surface area (Å²) in [5.41, 5.74) is 1.69. The van der Waals surface area contributed by atoms with Crippen molar-refractivity contribution in [2.45, 2.75) is 32.6 Å². The van der Waals surface area contributed by atoms with Crippen LogP contribution < -0.4 is 10.6 Å². The SMILES string of the molecule is CC(=O)Nc1cccc(NC(=S)N2CCCCCC2)c1. The average molecular weight is 291 g/mol. The number of carbonyl (C=O) groups is 1. The summed E-state index contributed by atoms with van der Waals surface area (Å²) in [6.45, 7) is 3.55. The molecule has 1 saturated heterocycles. The van der Waals surface area contributed by atoms with Gasteiger partial charge in [0, 0.05) is 31.4 Å². The van der Waals surface area contributed by atoms with Gasteiger partial charge in [0.1, 0.15) is 0 Å². The molecule has 20 heavy (non-hydrogen) atoms. The standard InChI is InChI=1S/C15H21N3OS/c1-12(19)16-13-7-6-8-14(11-13)17-15(20)18-9-4-2-3-5-10-18/h6-8,11H,2-5,9-10H2,1H3,(H,16,19)(H,17,20). The minimum atomic E-state index is -0.0720. The minimum Gasteiger partial charge on any atom is -0.349 e. The highest BCUT2D eigenvalue weighted by Crippen LogP contribution is 2.17. The van der Waals surface area contributed by atoms with E-state index in [1.165, 1.54) is 32.6 Å². The molecular weight excluding hydrogens is 270 g/mol. The number of rotatable bonds is 2. The van der Waals surface area contributed by atoms with Crippen molar-refractivity contribution in [3.8, 4) is 0 Å². The van der Waals surface area contributed by atoms with Gasteiger partial charge in [-0.05, 0) is 43.3 Å². The van der Waals surface area contributed by atoms with Crippen LogP contribution in [0.2, 0.25) is 0 Å². The Morgan fingerprint density at radius 3 is 2.30 bits per heavy atom. The second-order valence-corrected chi connectivity index (χ2v) is 5.48. The first-order valence-corrected chi connectivity index (χ1v) is 7.49. The highest BCUT2D eigenvalue weighted by Gasteiger charge is 2.12. The van der Waals surface area contributed by atoms with E-state index in [2.05, 4.69) is 15.5 Å². The van der Waals surface area contributed by atoms with Crippen LogP contribution in [0.15, 0.2) is 24.3 Å². The van der Waals surface area contributed by atoms with Crippen molar-refractivity contribution >= 4 is 34.6 Å². The number of hydrogen-bond donors (Lipinski definition) is 2. The van der Waals surface area contributed by atoms with Gasteiger partial charge in [0.2, 0.25) is 5.91 Å². The minimum absolute atomic E-state index is 0.0720. The lowest BCUT2D eigenvalue weighted by Gasteiger charge is -2.24. The molecule has 0 aliphatic carbocycles. The summed E-state index contributed by atoms with van der Waals surface area (Å²) < 4.78 is 0. The molecule has 5 heteroatoms. The second kappa shape index (κ2) is 7.24. The van der Waals surface area contributed by atoms with E-state index < -0.39 is 0 Å². The Hall–Kier alpha value is -1.62. The molecule has 0 aromatic heterocycles. The molecule has 1 amide bonds. The summed E-state index contributed by atoms with van der Waals surface area (Å²) in [6, 6.07) is 7.61. The first-order chi connectivity index (χ1) is 9.65. The Morgan fingerprint density at radius 1 is 1.10 bits per heavy atom. The van der Waals surface area contributed by atoms with E-state index in [4.69, 9.17) is 12.2 Å². The van der Waals surface area contributed by atoms with Crippen molar-refractivity contribution in [1.29, 1.82) is 0 Å². The van der Waals surface area contributed by atoms with Crippen LogP contribution >= 0.6 is 12.2 Å². The van der Waals surface area contributed by atoms with Gasteiger partial charge in [0.15, 0.2) is 5.11 Å². The molecular formula is C15H21N3OS. The molecule has 1 fully saturated rings. The normalized spacial score (nSPS) is 15.3. The first kappa shape index (κ1) is 14.8. The molecule has 0 radical (unpaired) electrons. The lowest BCUT2D eigenvalue weighted by atomic mass is 10.2. The predicted molar refractivity (Wildman–Crippen MR) is 87.0 cm³/mol. The Morgan fingerprint density at radius 2 is 1.70 bits per heavy atom. The molecule has 0 saturated carbocycles. The van der Waals surface area contributed by atoms with Crippen LogP contribution in [0.4, 0.5) is 11.4 Å². The third-order valence-electron chi connectivity index (χ3n) is 3.33. The largest absolute Gasteiger partial charge is 0.349 e. The molecule has 2 rings (SSSR count). The third kappa shape index (κ3) is 4.49. The Balaban J connectivity index is 1.97. The molecule has 1 aliphatic heterocycles. The Bertz CT molecular complexity index is 482. The molecule has 2 N–H and O–H groups in total. The quantitative estimate of drug-likeness (QED) is 0.821. The second-order valence-electron chi connectivity index (χ2n) is 5.09. The first-order valence-electron chi connectivity index (χ1n) is 7.09. The number of nitrogens with zero attached hydrogens (tertiary/aromatic N) is 1. The van der Waals surface area contributed by atoms with Crippen LogP contribution in [0.1, 0.15) is 32.6 Å². The Labute approximate surface area is 125 Å². The average Bonchev–Trinajstić information content (AvgIpc) is 2.67. The van der Waals surface area contributed by atoms with Gasteiger partial charge >= 0.3 is 0 Å². The smallest absolute Gasteiger partial charge is 0.221 e. The molecule has 0 bridgehead atoms. The van der Waals surface area contributed by atoms with Gasteiger partial charge in [-0.15, -0.1) is 0 Å². The van der Waals surface area contributed by atoms with Gasteiger partial charge in [-0.1, -0.05) is 18.9 Å². The molecule has 0 spiro atoms. The molecule has 108 valence electrons. The van der Waals surface area contributed by atoms with E-state index in [0.29, 0.717) is 0 Å². The van der Waals surface area contributed by atoms with Crippen molar-refractivity contribution in [2.75, 3.05) is 23.7 Å². The van der Waals surface area contributed by atoms with E-state index in [9.17, 15) is 4.79 Å². The van der Waals surface area contributed by atoms with Gasteiger partial charge in [-0.3, -0.25) is 4.79 Å². The maximum Gasteiger partial charge on any atom is 0.221 e. The van der Waals surface area contributed by atoms with Crippen molar-refractivity contribution in [1.82, 2.24) is 4.90 Å². The molecule has 1 aromatic rings. The number of carbonyl (C=O) groups excluding carboxylic acids is 1. The van der Waals surface area contributed by atoms with E-state index in [0.717, 1.165) is 29.6 Å². The molecule has 1 aromatic carbocycles. The van der Waals surface area contributed by atoms with E-state index in [1.807, 2.05) is 24.3 Å². The van der Waals surface area contributed by atoms with Gasteiger partial charge < -0.3 is 15.5 Å². The van der Waals surface area contributed by atoms with Crippen LogP contribution in [-0.4, -0.2) is 29.0 Å². The lowest BCUT2D eigenvalue weighted by Crippen LogP contribution is -2.35. The fourth-order valence-corrected chi connectivity index (χ4v) is 2.65.